The third-order valence-corrected chi connectivity index (χ3v) is 6.05. The van der Waals surface area contributed by atoms with Crippen molar-refractivity contribution < 1.29 is 4.79 Å². The van der Waals surface area contributed by atoms with Crippen LogP contribution in [0, 0.1) is 11.8 Å². The van der Waals surface area contributed by atoms with Crippen molar-refractivity contribution in [3.8, 4) is 0 Å². The van der Waals surface area contributed by atoms with Crippen LogP contribution < -0.4 is 0 Å². The molecule has 0 saturated heterocycles. The number of carbonyl (C=O) groups is 1. The van der Waals surface area contributed by atoms with Crippen LogP contribution in [-0.2, 0) is 24.3 Å². The number of rotatable bonds is 9. The molecule has 2 aromatic heterocycles. The molecule has 0 aliphatic heterocycles. The van der Waals surface area contributed by atoms with E-state index < -0.39 is 0 Å². The third-order valence-electron chi connectivity index (χ3n) is 5.68. The molecule has 158 valence electrons. The van der Waals surface area contributed by atoms with Crippen molar-refractivity contribution in [1.82, 2.24) is 19.4 Å². The average molecular weight is 425 g/mol. The monoisotopic (exact) mass is 424 g/mol. The fourth-order valence-electron chi connectivity index (χ4n) is 3.67. The molecule has 1 fully saturated rings. The van der Waals surface area contributed by atoms with Crippen molar-refractivity contribution in [3.05, 3.63) is 59.0 Å². The standard InChI is InChI=1S/C24H29ClN4O/c1-17(2)11-13-28(23(30)14-19-6-3-4-7-20(19)25)16-22-27-21-8-5-12-26-24(21)29(22)15-18-9-10-18/h3-8,12,17-18H,9-11,13-16H2,1-2H3. The molecule has 2 heterocycles. The summed E-state index contributed by atoms with van der Waals surface area (Å²) in [6, 6.07) is 11.5. The minimum Gasteiger partial charge on any atom is -0.335 e. The SMILES string of the molecule is CC(C)CCN(Cc1nc2cccnc2n1CC1CC1)C(=O)Cc1ccccc1Cl. The Morgan fingerprint density at radius 3 is 2.77 bits per heavy atom. The van der Waals surface area contributed by atoms with Gasteiger partial charge in [-0.3, -0.25) is 4.79 Å². The van der Waals surface area contributed by atoms with Crippen molar-refractivity contribution in [2.75, 3.05) is 6.54 Å². The Kier molecular flexibility index (Phi) is 6.38. The Labute approximate surface area is 183 Å². The van der Waals surface area contributed by atoms with E-state index in [0.29, 0.717) is 36.4 Å². The second-order valence-electron chi connectivity index (χ2n) is 8.69. The summed E-state index contributed by atoms with van der Waals surface area (Å²) in [4.78, 5) is 24.6. The summed E-state index contributed by atoms with van der Waals surface area (Å²) < 4.78 is 2.22. The summed E-state index contributed by atoms with van der Waals surface area (Å²) in [5, 5.41) is 0.639. The Balaban J connectivity index is 1.60. The Morgan fingerprint density at radius 2 is 2.03 bits per heavy atom. The molecule has 4 rings (SSSR count). The molecule has 1 saturated carbocycles. The van der Waals surface area contributed by atoms with E-state index in [-0.39, 0.29) is 5.91 Å². The van der Waals surface area contributed by atoms with Crippen LogP contribution in [0.3, 0.4) is 0 Å². The fraction of sp³-hybridized carbons (Fsp3) is 0.458. The minimum absolute atomic E-state index is 0.0849. The number of benzene rings is 1. The van der Waals surface area contributed by atoms with Gasteiger partial charge in [0.15, 0.2) is 5.65 Å². The molecule has 1 amide bonds. The van der Waals surface area contributed by atoms with E-state index in [9.17, 15) is 4.79 Å². The predicted octanol–water partition coefficient (Wildman–Crippen LogP) is 5.11. The van der Waals surface area contributed by atoms with E-state index >= 15 is 0 Å². The van der Waals surface area contributed by atoms with Crippen LogP contribution in [0.15, 0.2) is 42.6 Å². The number of halogens is 1. The van der Waals surface area contributed by atoms with Gasteiger partial charge in [-0.25, -0.2) is 9.97 Å². The van der Waals surface area contributed by atoms with Crippen LogP contribution >= 0.6 is 11.6 Å². The van der Waals surface area contributed by atoms with Gasteiger partial charge in [-0.15, -0.1) is 0 Å². The highest BCUT2D eigenvalue weighted by Gasteiger charge is 2.26. The topological polar surface area (TPSA) is 51.0 Å². The van der Waals surface area contributed by atoms with Crippen molar-refractivity contribution in [2.45, 2.75) is 52.6 Å². The van der Waals surface area contributed by atoms with Gasteiger partial charge in [-0.05, 0) is 54.9 Å². The number of aromatic nitrogens is 3. The molecule has 30 heavy (non-hydrogen) atoms. The number of amides is 1. The maximum absolute atomic E-state index is 13.3. The average Bonchev–Trinajstić information content (AvgIpc) is 3.48. The highest BCUT2D eigenvalue weighted by molar-refractivity contribution is 6.31. The molecule has 5 nitrogen and oxygen atoms in total. The largest absolute Gasteiger partial charge is 0.335 e. The number of pyridine rings is 1. The lowest BCUT2D eigenvalue weighted by atomic mass is 10.1. The second-order valence-corrected chi connectivity index (χ2v) is 9.10. The van der Waals surface area contributed by atoms with Crippen LogP contribution in [-0.4, -0.2) is 31.9 Å². The molecule has 0 unspecified atom stereocenters. The first-order valence-corrected chi connectivity index (χ1v) is 11.2. The lowest BCUT2D eigenvalue weighted by Crippen LogP contribution is -2.34. The first-order valence-electron chi connectivity index (χ1n) is 10.8. The zero-order valence-corrected chi connectivity index (χ0v) is 18.5. The van der Waals surface area contributed by atoms with E-state index in [1.54, 1.807) is 0 Å². The van der Waals surface area contributed by atoms with E-state index in [1.807, 2.05) is 47.5 Å². The zero-order valence-electron chi connectivity index (χ0n) is 17.7. The number of hydrogen-bond acceptors (Lipinski definition) is 3. The number of imidazole rings is 1. The lowest BCUT2D eigenvalue weighted by Gasteiger charge is -2.24. The summed E-state index contributed by atoms with van der Waals surface area (Å²) in [5.41, 5.74) is 2.68. The summed E-state index contributed by atoms with van der Waals surface area (Å²) in [5.74, 6) is 2.23. The van der Waals surface area contributed by atoms with Crippen molar-refractivity contribution in [2.24, 2.45) is 11.8 Å². The van der Waals surface area contributed by atoms with Crippen LogP contribution in [0.5, 0.6) is 0 Å². The quantitative estimate of drug-likeness (QED) is 0.479. The summed E-state index contributed by atoms with van der Waals surface area (Å²) in [7, 11) is 0. The van der Waals surface area contributed by atoms with E-state index in [0.717, 1.165) is 35.5 Å². The fourth-order valence-corrected chi connectivity index (χ4v) is 3.87. The zero-order chi connectivity index (χ0) is 21.1. The first-order chi connectivity index (χ1) is 14.5. The van der Waals surface area contributed by atoms with Gasteiger partial charge in [-0.2, -0.15) is 0 Å². The van der Waals surface area contributed by atoms with Gasteiger partial charge >= 0.3 is 0 Å². The molecule has 0 radical (unpaired) electrons. The summed E-state index contributed by atoms with van der Waals surface area (Å²) >= 11 is 6.31. The third kappa shape index (κ3) is 5.01. The van der Waals surface area contributed by atoms with Crippen LogP contribution in [0.25, 0.3) is 11.2 Å². The van der Waals surface area contributed by atoms with Gasteiger partial charge in [0.25, 0.3) is 0 Å². The molecular weight excluding hydrogens is 396 g/mol. The minimum atomic E-state index is 0.0849. The van der Waals surface area contributed by atoms with Crippen LogP contribution in [0.2, 0.25) is 5.02 Å². The number of carbonyl (C=O) groups excluding carboxylic acids is 1. The van der Waals surface area contributed by atoms with E-state index in [1.165, 1.54) is 12.8 Å². The molecule has 6 heteroatoms. The summed E-state index contributed by atoms with van der Waals surface area (Å²) in [6.07, 6.45) is 5.59. The molecule has 1 aromatic carbocycles. The highest BCUT2D eigenvalue weighted by atomic mass is 35.5. The van der Waals surface area contributed by atoms with E-state index in [2.05, 4.69) is 23.4 Å². The number of fused-ring (bicyclic) bond motifs is 1. The molecular formula is C24H29ClN4O. The molecule has 0 atom stereocenters. The van der Waals surface area contributed by atoms with Gasteiger partial charge in [0, 0.05) is 24.3 Å². The van der Waals surface area contributed by atoms with Crippen molar-refractivity contribution in [1.29, 1.82) is 0 Å². The van der Waals surface area contributed by atoms with Crippen molar-refractivity contribution >= 4 is 28.7 Å². The van der Waals surface area contributed by atoms with E-state index in [4.69, 9.17) is 16.6 Å². The summed E-state index contributed by atoms with van der Waals surface area (Å²) in [6.45, 7) is 6.51. The predicted molar refractivity (Wildman–Crippen MR) is 120 cm³/mol. The smallest absolute Gasteiger partial charge is 0.227 e. The number of hydrogen-bond donors (Lipinski definition) is 0. The maximum Gasteiger partial charge on any atom is 0.227 e. The molecule has 0 bridgehead atoms. The first kappa shape index (κ1) is 20.9. The van der Waals surface area contributed by atoms with Gasteiger partial charge in [0.05, 0.1) is 13.0 Å². The molecule has 0 N–H and O–H groups in total. The van der Waals surface area contributed by atoms with Gasteiger partial charge < -0.3 is 9.47 Å². The normalized spacial score (nSPS) is 13.9. The lowest BCUT2D eigenvalue weighted by molar-refractivity contribution is -0.131. The highest BCUT2D eigenvalue weighted by Crippen LogP contribution is 2.32. The van der Waals surface area contributed by atoms with Gasteiger partial charge in [0.2, 0.25) is 5.91 Å². The number of nitrogens with zero attached hydrogens (tertiary/aromatic N) is 4. The second kappa shape index (κ2) is 9.17. The van der Waals surface area contributed by atoms with Crippen LogP contribution in [0.1, 0.15) is 44.5 Å². The molecule has 3 aromatic rings. The van der Waals surface area contributed by atoms with Crippen LogP contribution in [0.4, 0.5) is 0 Å². The maximum atomic E-state index is 13.3. The molecule has 0 spiro atoms. The van der Waals surface area contributed by atoms with Gasteiger partial charge in [0.1, 0.15) is 11.3 Å². The molecule has 1 aliphatic rings. The molecule has 1 aliphatic carbocycles. The Bertz CT molecular complexity index is 1020. The Hall–Kier alpha value is -2.40. The van der Waals surface area contributed by atoms with Gasteiger partial charge in [-0.1, -0.05) is 43.6 Å². The Morgan fingerprint density at radius 1 is 1.23 bits per heavy atom. The van der Waals surface area contributed by atoms with Crippen molar-refractivity contribution in [3.63, 3.8) is 0 Å².